The Balaban J connectivity index is 1.88. The van der Waals surface area contributed by atoms with Crippen LogP contribution in [0.1, 0.15) is 50.1 Å². The van der Waals surface area contributed by atoms with Gasteiger partial charge in [0.05, 0.1) is 5.69 Å². The summed E-state index contributed by atoms with van der Waals surface area (Å²) in [6.45, 7) is 12.8. The van der Waals surface area contributed by atoms with Crippen LogP contribution in [0, 0.1) is 13.8 Å². The summed E-state index contributed by atoms with van der Waals surface area (Å²) in [6, 6.07) is 0. The highest BCUT2D eigenvalue weighted by Crippen LogP contribution is 2.19. The minimum Gasteiger partial charge on any atom is -0.355 e. The average Bonchev–Trinajstić information content (AvgIpc) is 2.81. The van der Waals surface area contributed by atoms with Crippen LogP contribution < -0.4 is 10.6 Å². The number of aromatic nitrogens is 2. The van der Waals surface area contributed by atoms with Gasteiger partial charge in [-0.05, 0) is 53.6 Å². The van der Waals surface area contributed by atoms with Gasteiger partial charge in [0.25, 0.3) is 0 Å². The Morgan fingerprint density at radius 2 is 1.83 bits per heavy atom. The predicted octanol–water partition coefficient (Wildman–Crippen LogP) is 1.97. The summed E-state index contributed by atoms with van der Waals surface area (Å²) in [6.07, 6.45) is 4.00. The second-order valence-electron chi connectivity index (χ2n) is 7.41. The average molecular weight is 335 g/mol. The van der Waals surface area contributed by atoms with Gasteiger partial charge >= 0.3 is 0 Å². The first kappa shape index (κ1) is 18.8. The monoisotopic (exact) mass is 334 g/mol. The molecule has 1 fully saturated rings. The third kappa shape index (κ3) is 4.50. The van der Waals surface area contributed by atoms with Gasteiger partial charge in [0, 0.05) is 44.0 Å². The fourth-order valence-corrected chi connectivity index (χ4v) is 3.38. The molecule has 2 rings (SSSR count). The highest BCUT2D eigenvalue weighted by atomic mass is 15.3. The molecule has 0 atom stereocenters. The molecule has 0 unspecified atom stereocenters. The highest BCUT2D eigenvalue weighted by molar-refractivity contribution is 5.79. The number of hydrogen-bond acceptors (Lipinski definition) is 3. The van der Waals surface area contributed by atoms with Gasteiger partial charge in [-0.3, -0.25) is 14.6 Å². The van der Waals surface area contributed by atoms with Crippen molar-refractivity contribution in [2.75, 3.05) is 26.7 Å². The van der Waals surface area contributed by atoms with Crippen LogP contribution in [-0.2, 0) is 13.6 Å². The molecule has 6 nitrogen and oxygen atoms in total. The molecule has 0 aromatic carbocycles. The number of likely N-dealkylation sites (tertiary alicyclic amines) is 1. The zero-order chi connectivity index (χ0) is 17.7. The molecule has 1 saturated heterocycles. The van der Waals surface area contributed by atoms with E-state index in [-0.39, 0.29) is 5.54 Å². The van der Waals surface area contributed by atoms with Gasteiger partial charge in [-0.1, -0.05) is 6.42 Å². The maximum Gasteiger partial charge on any atom is 0.191 e. The topological polar surface area (TPSA) is 57.5 Å². The van der Waals surface area contributed by atoms with E-state index in [0.29, 0.717) is 0 Å². The largest absolute Gasteiger partial charge is 0.355 e. The first-order valence-electron chi connectivity index (χ1n) is 9.04. The van der Waals surface area contributed by atoms with Crippen molar-refractivity contribution in [3.8, 4) is 0 Å². The zero-order valence-electron chi connectivity index (χ0n) is 16.2. The lowest BCUT2D eigenvalue weighted by atomic mass is 9.98. The van der Waals surface area contributed by atoms with Gasteiger partial charge in [-0.15, -0.1) is 0 Å². The summed E-state index contributed by atoms with van der Waals surface area (Å²) in [5, 5.41) is 11.4. The summed E-state index contributed by atoms with van der Waals surface area (Å²) in [5.41, 5.74) is 3.66. The molecule has 0 saturated carbocycles. The third-order valence-corrected chi connectivity index (χ3v) is 5.22. The SMILES string of the molecule is CN=C(NCc1c(C)nn(C)c1C)NCC(C)(C)N1CCCCC1. The molecule has 0 aliphatic carbocycles. The Morgan fingerprint density at radius 1 is 1.17 bits per heavy atom. The molecule has 1 aliphatic heterocycles. The number of guanidine groups is 1. The van der Waals surface area contributed by atoms with Crippen molar-refractivity contribution >= 4 is 5.96 Å². The van der Waals surface area contributed by atoms with Crippen LogP contribution in [0.25, 0.3) is 0 Å². The molecule has 0 radical (unpaired) electrons. The molecular formula is C18H34N6. The maximum atomic E-state index is 4.47. The quantitative estimate of drug-likeness (QED) is 0.638. The molecule has 136 valence electrons. The summed E-state index contributed by atoms with van der Waals surface area (Å²) in [5.74, 6) is 0.850. The Morgan fingerprint density at radius 3 is 2.38 bits per heavy atom. The normalized spacial score (nSPS) is 17.2. The standard InChI is InChI=1S/C18H34N6/c1-14-16(15(2)23(6)22-14)12-20-17(19-5)21-13-18(3,4)24-10-8-7-9-11-24/h7-13H2,1-6H3,(H2,19,20,21). The molecule has 1 aromatic rings. The van der Waals surface area contributed by atoms with Gasteiger partial charge in [0.2, 0.25) is 0 Å². The number of rotatable bonds is 5. The molecule has 2 N–H and O–H groups in total. The smallest absolute Gasteiger partial charge is 0.191 e. The van der Waals surface area contributed by atoms with Crippen LogP contribution in [0.4, 0.5) is 0 Å². The molecule has 1 aromatic heterocycles. The van der Waals surface area contributed by atoms with Crippen molar-refractivity contribution in [3.63, 3.8) is 0 Å². The number of hydrogen-bond donors (Lipinski definition) is 2. The van der Waals surface area contributed by atoms with Crippen molar-refractivity contribution in [2.24, 2.45) is 12.0 Å². The van der Waals surface area contributed by atoms with E-state index in [1.54, 1.807) is 0 Å². The van der Waals surface area contributed by atoms with E-state index >= 15 is 0 Å². The van der Waals surface area contributed by atoms with Gasteiger partial charge in [0.1, 0.15) is 0 Å². The van der Waals surface area contributed by atoms with Crippen LogP contribution >= 0.6 is 0 Å². The summed E-state index contributed by atoms with van der Waals surface area (Å²) >= 11 is 0. The fourth-order valence-electron chi connectivity index (χ4n) is 3.38. The third-order valence-electron chi connectivity index (χ3n) is 5.22. The van der Waals surface area contributed by atoms with Crippen LogP contribution in [-0.4, -0.2) is 52.9 Å². The number of aliphatic imine (C=N–C) groups is 1. The van der Waals surface area contributed by atoms with Crippen LogP contribution in [0.2, 0.25) is 0 Å². The molecule has 2 heterocycles. The van der Waals surface area contributed by atoms with Crippen molar-refractivity contribution in [2.45, 2.75) is 59.0 Å². The molecule has 6 heteroatoms. The van der Waals surface area contributed by atoms with E-state index < -0.39 is 0 Å². The lowest BCUT2D eigenvalue weighted by molar-refractivity contribution is 0.0982. The van der Waals surface area contributed by atoms with E-state index in [9.17, 15) is 0 Å². The van der Waals surface area contributed by atoms with Crippen molar-refractivity contribution in [1.29, 1.82) is 0 Å². The van der Waals surface area contributed by atoms with E-state index in [1.165, 1.54) is 43.6 Å². The Hall–Kier alpha value is -1.56. The summed E-state index contributed by atoms with van der Waals surface area (Å²) < 4.78 is 1.93. The molecule has 0 bridgehead atoms. The molecule has 0 spiro atoms. The van der Waals surface area contributed by atoms with Gasteiger partial charge in [-0.25, -0.2) is 0 Å². The number of aryl methyl sites for hydroxylation is 2. The van der Waals surface area contributed by atoms with Crippen LogP contribution in [0.15, 0.2) is 4.99 Å². The molecule has 0 amide bonds. The fraction of sp³-hybridized carbons (Fsp3) is 0.778. The lowest BCUT2D eigenvalue weighted by Gasteiger charge is -2.41. The van der Waals surface area contributed by atoms with E-state index in [0.717, 1.165) is 24.7 Å². The summed E-state index contributed by atoms with van der Waals surface area (Å²) in [7, 11) is 3.81. The van der Waals surface area contributed by atoms with Gasteiger partial charge < -0.3 is 10.6 Å². The van der Waals surface area contributed by atoms with E-state index in [1.807, 2.05) is 18.8 Å². The first-order chi connectivity index (χ1) is 11.3. The molecule has 1 aliphatic rings. The number of piperidine rings is 1. The lowest BCUT2D eigenvalue weighted by Crippen LogP contribution is -2.54. The van der Waals surface area contributed by atoms with E-state index in [2.05, 4.69) is 53.3 Å². The van der Waals surface area contributed by atoms with E-state index in [4.69, 9.17) is 0 Å². The number of nitrogens with one attached hydrogen (secondary N) is 2. The first-order valence-corrected chi connectivity index (χ1v) is 9.04. The van der Waals surface area contributed by atoms with Crippen LogP contribution in [0.5, 0.6) is 0 Å². The maximum absolute atomic E-state index is 4.47. The van der Waals surface area contributed by atoms with Crippen molar-refractivity contribution in [1.82, 2.24) is 25.3 Å². The van der Waals surface area contributed by atoms with Crippen molar-refractivity contribution < 1.29 is 0 Å². The Bertz CT molecular complexity index is 566. The Kier molecular flexibility index (Phi) is 6.27. The predicted molar refractivity (Wildman–Crippen MR) is 100 cm³/mol. The van der Waals surface area contributed by atoms with Gasteiger partial charge in [-0.2, -0.15) is 5.10 Å². The second-order valence-corrected chi connectivity index (χ2v) is 7.41. The summed E-state index contributed by atoms with van der Waals surface area (Å²) in [4.78, 5) is 6.96. The number of nitrogens with zero attached hydrogens (tertiary/aromatic N) is 4. The molecule has 24 heavy (non-hydrogen) atoms. The molecular weight excluding hydrogens is 300 g/mol. The Labute approximate surface area is 146 Å². The minimum atomic E-state index is 0.137. The zero-order valence-corrected chi connectivity index (χ0v) is 16.2. The van der Waals surface area contributed by atoms with Crippen LogP contribution in [0.3, 0.4) is 0 Å². The van der Waals surface area contributed by atoms with Crippen molar-refractivity contribution in [3.05, 3.63) is 17.0 Å². The van der Waals surface area contributed by atoms with Gasteiger partial charge in [0.15, 0.2) is 5.96 Å². The highest BCUT2D eigenvalue weighted by Gasteiger charge is 2.27. The minimum absolute atomic E-state index is 0.137. The second kappa shape index (κ2) is 8.01.